The number of hydrogen-bond donors (Lipinski definition) is 1. The number of hydrogen-bond acceptors (Lipinski definition) is 1. The molecular formula is C7H5N2. The number of rotatable bonds is 0. The van der Waals surface area contributed by atoms with Crippen molar-refractivity contribution in [1.82, 2.24) is 9.97 Å². The van der Waals surface area contributed by atoms with E-state index in [4.69, 9.17) is 0 Å². The van der Waals surface area contributed by atoms with Crippen LogP contribution >= 0.6 is 0 Å². The fourth-order valence-corrected chi connectivity index (χ4v) is 0.824. The average molecular weight is 117 g/mol. The molecule has 2 rings (SSSR count). The van der Waals surface area contributed by atoms with Gasteiger partial charge in [-0.15, -0.1) is 0 Å². The highest BCUT2D eigenvalue weighted by Crippen LogP contribution is 2.15. The van der Waals surface area contributed by atoms with Crippen LogP contribution in [0.2, 0.25) is 0 Å². The van der Waals surface area contributed by atoms with Crippen molar-refractivity contribution in [3.63, 3.8) is 0 Å². The SMILES string of the molecule is [c]1ccc2cncc-2[nH]1. The molecular weight excluding hydrogens is 112 g/mol. The Kier molecular flexibility index (Phi) is 0.803. The maximum Gasteiger partial charge on any atom is 0.0659 e. The molecule has 2 aliphatic heterocycles. The van der Waals surface area contributed by atoms with Crippen LogP contribution in [0.1, 0.15) is 0 Å². The van der Waals surface area contributed by atoms with E-state index in [0.29, 0.717) is 0 Å². The van der Waals surface area contributed by atoms with E-state index < -0.39 is 0 Å². The Labute approximate surface area is 52.9 Å². The van der Waals surface area contributed by atoms with Gasteiger partial charge in [-0.25, -0.2) is 0 Å². The molecule has 0 aromatic heterocycles. The Balaban J connectivity index is 2.79. The predicted octanol–water partition coefficient (Wildman–Crippen LogP) is 1.31. The minimum absolute atomic E-state index is 1.04. The summed E-state index contributed by atoms with van der Waals surface area (Å²) in [4.78, 5) is 6.89. The Morgan fingerprint density at radius 1 is 1.44 bits per heavy atom. The Morgan fingerprint density at radius 3 is 3.33 bits per heavy atom. The second-order valence-corrected chi connectivity index (χ2v) is 1.88. The quantitative estimate of drug-likeness (QED) is 0.553. The van der Waals surface area contributed by atoms with E-state index in [1.165, 1.54) is 0 Å². The van der Waals surface area contributed by atoms with Crippen molar-refractivity contribution in [1.29, 1.82) is 0 Å². The lowest BCUT2D eigenvalue weighted by Gasteiger charge is -1.91. The summed E-state index contributed by atoms with van der Waals surface area (Å²) in [7, 11) is 0. The molecule has 1 radical (unpaired) electrons. The van der Waals surface area contributed by atoms with Crippen LogP contribution in [0.25, 0.3) is 11.3 Å². The first-order chi connectivity index (χ1) is 4.47. The van der Waals surface area contributed by atoms with E-state index in [1.54, 1.807) is 6.20 Å². The molecule has 0 bridgehead atoms. The molecule has 0 spiro atoms. The number of pyridine rings is 1. The summed E-state index contributed by atoms with van der Waals surface area (Å²) in [5.41, 5.74) is 2.17. The molecule has 1 N–H and O–H groups in total. The van der Waals surface area contributed by atoms with Crippen LogP contribution in [0, 0.1) is 6.20 Å². The Morgan fingerprint density at radius 2 is 2.44 bits per heavy atom. The number of fused-ring (bicyclic) bond motifs is 1. The standard InChI is InChI=1S/C7H5N2/c1-2-6-4-8-5-7(6)9-3-1/h1-2,4-5,9H. The number of aromatic amines is 1. The van der Waals surface area contributed by atoms with Gasteiger partial charge in [-0.1, -0.05) is 0 Å². The molecule has 0 saturated heterocycles. The van der Waals surface area contributed by atoms with Crippen molar-refractivity contribution in [2.24, 2.45) is 0 Å². The van der Waals surface area contributed by atoms with Gasteiger partial charge in [-0.3, -0.25) is 4.98 Å². The maximum atomic E-state index is 3.95. The van der Waals surface area contributed by atoms with E-state index in [1.807, 2.05) is 18.3 Å². The second kappa shape index (κ2) is 1.58. The topological polar surface area (TPSA) is 28.7 Å². The molecule has 2 heteroatoms. The molecule has 0 saturated carbocycles. The third kappa shape index (κ3) is 0.598. The van der Waals surface area contributed by atoms with Crippen LogP contribution < -0.4 is 0 Å². The van der Waals surface area contributed by atoms with E-state index >= 15 is 0 Å². The van der Waals surface area contributed by atoms with Crippen LogP contribution in [0.5, 0.6) is 0 Å². The molecule has 2 aliphatic rings. The Hall–Kier alpha value is -1.31. The first kappa shape index (κ1) is 4.56. The molecule has 0 amide bonds. The van der Waals surface area contributed by atoms with Crippen LogP contribution in [-0.2, 0) is 0 Å². The molecule has 0 aliphatic carbocycles. The first-order valence-electron chi connectivity index (χ1n) is 2.75. The van der Waals surface area contributed by atoms with Crippen LogP contribution in [0.15, 0.2) is 24.5 Å². The van der Waals surface area contributed by atoms with Crippen LogP contribution in [0.3, 0.4) is 0 Å². The first-order valence-corrected chi connectivity index (χ1v) is 2.75. The van der Waals surface area contributed by atoms with Crippen LogP contribution in [0.4, 0.5) is 0 Å². The van der Waals surface area contributed by atoms with Crippen molar-refractivity contribution in [2.75, 3.05) is 0 Å². The lowest BCUT2D eigenvalue weighted by Crippen LogP contribution is -1.75. The number of nitrogens with zero attached hydrogens (tertiary/aromatic N) is 1. The molecule has 0 aromatic carbocycles. The highest BCUT2D eigenvalue weighted by Gasteiger charge is 1.97. The predicted molar refractivity (Wildman–Crippen MR) is 34.0 cm³/mol. The average Bonchev–Trinajstić information content (AvgIpc) is 2.33. The van der Waals surface area contributed by atoms with Crippen molar-refractivity contribution >= 4 is 0 Å². The third-order valence-corrected chi connectivity index (χ3v) is 1.28. The van der Waals surface area contributed by atoms with E-state index in [0.717, 1.165) is 11.3 Å². The fourth-order valence-electron chi connectivity index (χ4n) is 0.824. The lowest BCUT2D eigenvalue weighted by atomic mass is 10.2. The normalized spacial score (nSPS) is 10.2. The highest BCUT2D eigenvalue weighted by atomic mass is 14.7. The second-order valence-electron chi connectivity index (χ2n) is 1.88. The van der Waals surface area contributed by atoms with E-state index in [2.05, 4.69) is 16.2 Å². The number of aromatic nitrogens is 2. The fraction of sp³-hybridized carbons (Fsp3) is 0. The molecule has 0 fully saturated rings. The van der Waals surface area contributed by atoms with Gasteiger partial charge in [-0.05, 0) is 12.1 Å². The number of H-pyrrole nitrogens is 1. The smallest absolute Gasteiger partial charge is 0.0659 e. The minimum atomic E-state index is 1.04. The van der Waals surface area contributed by atoms with E-state index in [9.17, 15) is 0 Å². The van der Waals surface area contributed by atoms with Crippen molar-refractivity contribution in [2.45, 2.75) is 0 Å². The molecule has 9 heavy (non-hydrogen) atoms. The Bertz CT molecular complexity index is 247. The van der Waals surface area contributed by atoms with Gasteiger partial charge >= 0.3 is 0 Å². The largest absolute Gasteiger partial charge is 0.352 e. The minimum Gasteiger partial charge on any atom is -0.352 e. The maximum absolute atomic E-state index is 3.95. The van der Waals surface area contributed by atoms with Crippen LogP contribution in [-0.4, -0.2) is 9.97 Å². The zero-order valence-corrected chi connectivity index (χ0v) is 4.76. The van der Waals surface area contributed by atoms with Crippen molar-refractivity contribution in [3.8, 4) is 11.3 Å². The summed E-state index contributed by atoms with van der Waals surface area (Å²) >= 11 is 0. The molecule has 0 unspecified atom stereocenters. The van der Waals surface area contributed by atoms with Gasteiger partial charge in [-0.2, -0.15) is 0 Å². The lowest BCUT2D eigenvalue weighted by molar-refractivity contribution is 1.31. The zero-order valence-electron chi connectivity index (χ0n) is 4.76. The molecule has 2 heterocycles. The summed E-state index contributed by atoms with van der Waals surface area (Å²) in [5.74, 6) is 0. The van der Waals surface area contributed by atoms with Crippen molar-refractivity contribution < 1.29 is 0 Å². The summed E-state index contributed by atoms with van der Waals surface area (Å²) < 4.78 is 0. The molecule has 0 atom stereocenters. The third-order valence-electron chi connectivity index (χ3n) is 1.28. The van der Waals surface area contributed by atoms with Crippen molar-refractivity contribution in [3.05, 3.63) is 30.7 Å². The van der Waals surface area contributed by atoms with Gasteiger partial charge in [0.05, 0.1) is 18.1 Å². The zero-order chi connectivity index (χ0) is 6.10. The summed E-state index contributed by atoms with van der Waals surface area (Å²) in [5, 5.41) is 0. The van der Waals surface area contributed by atoms with Gasteiger partial charge in [0.15, 0.2) is 0 Å². The van der Waals surface area contributed by atoms with E-state index in [-0.39, 0.29) is 0 Å². The molecule has 43 valence electrons. The van der Waals surface area contributed by atoms with Gasteiger partial charge in [0.25, 0.3) is 0 Å². The molecule has 2 nitrogen and oxygen atoms in total. The molecule has 0 aromatic rings. The summed E-state index contributed by atoms with van der Waals surface area (Å²) in [6, 6.07) is 3.81. The van der Waals surface area contributed by atoms with Gasteiger partial charge in [0.1, 0.15) is 0 Å². The van der Waals surface area contributed by atoms with Gasteiger partial charge in [0, 0.05) is 11.8 Å². The van der Waals surface area contributed by atoms with Gasteiger partial charge < -0.3 is 4.98 Å². The summed E-state index contributed by atoms with van der Waals surface area (Å²) in [6.45, 7) is 0. The number of nitrogens with one attached hydrogen (secondary N) is 1. The summed E-state index contributed by atoms with van der Waals surface area (Å²) in [6.07, 6.45) is 6.46. The monoisotopic (exact) mass is 117 g/mol. The van der Waals surface area contributed by atoms with Gasteiger partial charge in [0.2, 0.25) is 0 Å². The highest BCUT2D eigenvalue weighted by molar-refractivity contribution is 5.58.